The van der Waals surface area contributed by atoms with E-state index in [2.05, 4.69) is 10.5 Å². The summed E-state index contributed by atoms with van der Waals surface area (Å²) in [5, 5.41) is 3.49. The Bertz CT molecular complexity index is 99.7. The Hall–Kier alpha value is -0.380. The maximum atomic E-state index is 10.1. The highest BCUT2D eigenvalue weighted by atomic mass is 32.2. The van der Waals surface area contributed by atoms with Crippen LogP contribution in [0.1, 0.15) is 0 Å². The van der Waals surface area contributed by atoms with Gasteiger partial charge < -0.3 is 0 Å². The third kappa shape index (κ3) is 0.567. The average Bonchev–Trinajstić information content (AvgIpc) is 1.86. The van der Waals surface area contributed by atoms with E-state index in [1.54, 1.807) is 0 Å². The summed E-state index contributed by atoms with van der Waals surface area (Å²) in [6, 6.07) is 0. The number of rotatable bonds is 0. The average molecular weight is 104 g/mol. The van der Waals surface area contributed by atoms with Crippen molar-refractivity contribution in [3.8, 4) is 0 Å². The van der Waals surface area contributed by atoms with Crippen LogP contribution in [-0.4, -0.2) is 15.6 Å². The van der Waals surface area contributed by atoms with E-state index in [4.69, 9.17) is 0 Å². The van der Waals surface area contributed by atoms with Gasteiger partial charge in [-0.2, -0.15) is 5.10 Å². The molecule has 0 radical (unpaired) electrons. The van der Waals surface area contributed by atoms with Crippen molar-refractivity contribution in [1.82, 2.24) is 5.43 Å². The third-order valence-corrected chi connectivity index (χ3v) is 1.22. The molecule has 0 bridgehead atoms. The van der Waals surface area contributed by atoms with Crippen molar-refractivity contribution < 1.29 is 4.21 Å². The molecule has 0 fully saturated rings. The minimum Gasteiger partial charge on any atom is -0.296 e. The SMILES string of the molecule is O=S1C=NNC1. The predicted octanol–water partition coefficient (Wildman–Crippen LogP) is -0.761. The molecule has 1 rings (SSSR count). The van der Waals surface area contributed by atoms with Crippen LogP contribution in [0.2, 0.25) is 0 Å². The van der Waals surface area contributed by atoms with Crippen LogP contribution in [0.15, 0.2) is 5.10 Å². The van der Waals surface area contributed by atoms with Gasteiger partial charge in [0, 0.05) is 0 Å². The lowest BCUT2D eigenvalue weighted by atomic mass is 11.5. The van der Waals surface area contributed by atoms with Gasteiger partial charge in [-0.15, -0.1) is 0 Å². The Morgan fingerprint density at radius 1 is 2.00 bits per heavy atom. The zero-order chi connectivity index (χ0) is 4.41. The molecule has 1 unspecified atom stereocenters. The molecule has 1 N–H and O–H groups in total. The molecule has 1 heterocycles. The zero-order valence-electron chi connectivity index (χ0n) is 3.05. The summed E-state index contributed by atoms with van der Waals surface area (Å²) in [5.74, 6) is 0.486. The van der Waals surface area contributed by atoms with Crippen LogP contribution >= 0.6 is 0 Å². The van der Waals surface area contributed by atoms with Crippen LogP contribution in [0.5, 0.6) is 0 Å². The second-order valence-electron chi connectivity index (χ2n) is 0.918. The van der Waals surface area contributed by atoms with Crippen molar-refractivity contribution in [2.75, 3.05) is 5.88 Å². The summed E-state index contributed by atoms with van der Waals surface area (Å²) in [7, 11) is -0.826. The van der Waals surface area contributed by atoms with Crippen LogP contribution in [-0.2, 0) is 10.8 Å². The van der Waals surface area contributed by atoms with Gasteiger partial charge in [-0.3, -0.25) is 9.63 Å². The Kier molecular flexibility index (Phi) is 0.874. The number of hydrogen-bond acceptors (Lipinski definition) is 3. The highest BCUT2D eigenvalue weighted by Gasteiger charge is 1.96. The van der Waals surface area contributed by atoms with Crippen LogP contribution < -0.4 is 5.43 Å². The quantitative estimate of drug-likeness (QED) is 0.439. The lowest BCUT2D eigenvalue weighted by Crippen LogP contribution is -2.01. The number of nitrogens with zero attached hydrogens (tertiary/aromatic N) is 1. The highest BCUT2D eigenvalue weighted by molar-refractivity contribution is 7.98. The Balaban J connectivity index is 2.59. The Morgan fingerprint density at radius 3 is 3.00 bits per heavy atom. The zero-order valence-corrected chi connectivity index (χ0v) is 3.86. The normalized spacial score (nSPS) is 30.3. The minimum absolute atomic E-state index is 0.486. The van der Waals surface area contributed by atoms with Gasteiger partial charge in [0.15, 0.2) is 0 Å². The number of nitrogens with one attached hydrogen (secondary N) is 1. The molecule has 0 aromatic carbocycles. The number of hydrazone groups is 1. The van der Waals surface area contributed by atoms with Crippen molar-refractivity contribution >= 4 is 16.3 Å². The van der Waals surface area contributed by atoms with Crippen molar-refractivity contribution in [2.24, 2.45) is 5.10 Å². The first-order valence-electron chi connectivity index (χ1n) is 1.53. The summed E-state index contributed by atoms with van der Waals surface area (Å²) in [5.41, 5.74) is 3.93. The molecule has 4 heteroatoms. The monoisotopic (exact) mass is 104 g/mol. The molecular weight excluding hydrogens is 100 g/mol. The van der Waals surface area contributed by atoms with Crippen molar-refractivity contribution in [3.05, 3.63) is 0 Å². The van der Waals surface area contributed by atoms with E-state index in [0.717, 1.165) is 0 Å². The first-order valence-corrected chi connectivity index (χ1v) is 2.91. The molecule has 0 amide bonds. The lowest BCUT2D eigenvalue weighted by molar-refractivity contribution is 0.688. The van der Waals surface area contributed by atoms with E-state index in [1.165, 1.54) is 5.55 Å². The second kappa shape index (κ2) is 1.38. The van der Waals surface area contributed by atoms with Crippen LogP contribution in [0, 0.1) is 0 Å². The van der Waals surface area contributed by atoms with Gasteiger partial charge in [-0.1, -0.05) is 0 Å². The molecule has 0 aromatic rings. The molecule has 0 saturated carbocycles. The second-order valence-corrected chi connectivity index (χ2v) is 2.18. The van der Waals surface area contributed by atoms with Gasteiger partial charge in [0.2, 0.25) is 0 Å². The van der Waals surface area contributed by atoms with Crippen molar-refractivity contribution in [3.63, 3.8) is 0 Å². The fourth-order valence-corrected chi connectivity index (χ4v) is 0.703. The molecule has 1 aliphatic heterocycles. The maximum absolute atomic E-state index is 10.1. The van der Waals surface area contributed by atoms with Gasteiger partial charge in [-0.05, 0) is 0 Å². The van der Waals surface area contributed by atoms with E-state index in [0.29, 0.717) is 5.88 Å². The summed E-state index contributed by atoms with van der Waals surface area (Å²) >= 11 is 0. The molecule has 3 nitrogen and oxygen atoms in total. The summed E-state index contributed by atoms with van der Waals surface area (Å²) in [6.45, 7) is 0. The van der Waals surface area contributed by atoms with Gasteiger partial charge in [0.05, 0.1) is 10.8 Å². The van der Waals surface area contributed by atoms with Crippen molar-refractivity contribution in [2.45, 2.75) is 0 Å². The molecule has 1 aliphatic rings. The Labute approximate surface area is 37.9 Å². The molecule has 34 valence electrons. The van der Waals surface area contributed by atoms with Crippen molar-refractivity contribution in [1.29, 1.82) is 0 Å². The summed E-state index contributed by atoms with van der Waals surface area (Å²) in [4.78, 5) is 0. The van der Waals surface area contributed by atoms with Crippen LogP contribution in [0.25, 0.3) is 0 Å². The molecular formula is C2H4N2OS. The summed E-state index contributed by atoms with van der Waals surface area (Å²) in [6.07, 6.45) is 0. The van der Waals surface area contributed by atoms with E-state index < -0.39 is 10.8 Å². The molecule has 0 aromatic heterocycles. The van der Waals surface area contributed by atoms with Gasteiger partial charge in [-0.25, -0.2) is 0 Å². The first kappa shape index (κ1) is 3.80. The molecule has 6 heavy (non-hydrogen) atoms. The van der Waals surface area contributed by atoms with E-state index in [1.807, 2.05) is 0 Å². The van der Waals surface area contributed by atoms with Crippen LogP contribution in [0.4, 0.5) is 0 Å². The highest BCUT2D eigenvalue weighted by Crippen LogP contribution is 1.78. The molecule has 1 atom stereocenters. The van der Waals surface area contributed by atoms with Crippen LogP contribution in [0.3, 0.4) is 0 Å². The maximum Gasteiger partial charge on any atom is 0.114 e. The first-order chi connectivity index (χ1) is 2.89. The van der Waals surface area contributed by atoms with Gasteiger partial charge in [0.1, 0.15) is 11.4 Å². The van der Waals surface area contributed by atoms with E-state index in [9.17, 15) is 4.21 Å². The fourth-order valence-electron chi connectivity index (χ4n) is 0.234. The van der Waals surface area contributed by atoms with E-state index >= 15 is 0 Å². The van der Waals surface area contributed by atoms with Gasteiger partial charge >= 0.3 is 0 Å². The molecule has 0 aliphatic carbocycles. The largest absolute Gasteiger partial charge is 0.296 e. The topological polar surface area (TPSA) is 41.5 Å². The third-order valence-electron chi connectivity index (χ3n) is 0.468. The fraction of sp³-hybridized carbons (Fsp3) is 0.500. The number of hydrogen-bond donors (Lipinski definition) is 1. The van der Waals surface area contributed by atoms with E-state index in [-0.39, 0.29) is 0 Å². The minimum atomic E-state index is -0.826. The predicted molar refractivity (Wildman–Crippen MR) is 24.6 cm³/mol. The van der Waals surface area contributed by atoms with Gasteiger partial charge in [0.25, 0.3) is 0 Å². The standard InChI is InChI=1S/C2H4N2OS/c5-6-1-3-4-2-6/h1,4H,2H2. The Morgan fingerprint density at radius 2 is 2.83 bits per heavy atom. The smallest absolute Gasteiger partial charge is 0.114 e. The molecule has 0 spiro atoms. The molecule has 0 saturated heterocycles. The summed E-state index contributed by atoms with van der Waals surface area (Å²) < 4.78 is 10.1. The lowest BCUT2D eigenvalue weighted by Gasteiger charge is -1.76.